The highest BCUT2D eigenvalue weighted by atomic mass is 127. The van der Waals surface area contributed by atoms with Gasteiger partial charge in [0.15, 0.2) is 9.84 Å². The predicted molar refractivity (Wildman–Crippen MR) is 70.8 cm³/mol. The number of carbonyl (C=O) groups excluding carboxylic acids is 1. The van der Waals surface area contributed by atoms with Crippen LogP contribution in [0, 0.1) is 0 Å². The molecule has 0 aliphatic carbocycles. The predicted octanol–water partition coefficient (Wildman–Crippen LogP) is 1.25. The van der Waals surface area contributed by atoms with Crippen LogP contribution in [0.2, 0.25) is 0 Å². The van der Waals surface area contributed by atoms with Gasteiger partial charge in [-0.2, -0.15) is 0 Å². The molecule has 0 saturated heterocycles. The Morgan fingerprint density at radius 3 is 2.31 bits per heavy atom. The molecule has 88 valence electrons. The second-order valence-electron chi connectivity index (χ2n) is 3.24. The molecule has 6 heteroatoms. The minimum absolute atomic E-state index is 0.184. The maximum absolute atomic E-state index is 11.5. The van der Waals surface area contributed by atoms with Gasteiger partial charge in [-0.15, -0.1) is 0 Å². The average molecular weight is 353 g/mol. The molecular weight excluding hydrogens is 341 g/mol. The van der Waals surface area contributed by atoms with Gasteiger partial charge < -0.3 is 5.32 Å². The van der Waals surface area contributed by atoms with Crippen LogP contribution >= 0.6 is 22.6 Å². The molecule has 0 atom stereocenters. The first kappa shape index (κ1) is 13.4. The normalized spacial score (nSPS) is 11.1. The molecule has 4 nitrogen and oxygen atoms in total. The van der Waals surface area contributed by atoms with Gasteiger partial charge in [0.2, 0.25) is 0 Å². The highest BCUT2D eigenvalue weighted by Crippen LogP contribution is 2.10. The number of rotatable bonds is 4. The molecular formula is C10H12INO3S. The van der Waals surface area contributed by atoms with Crippen LogP contribution in [0.25, 0.3) is 0 Å². The standard InChI is InChI=1S/C10H12INO3S/c1-16(14,15)9-4-2-8(3-5-9)10(13)12-7-6-11/h2-5H,6-7H2,1H3,(H,12,13). The van der Waals surface area contributed by atoms with Gasteiger partial charge in [-0.25, -0.2) is 8.42 Å². The topological polar surface area (TPSA) is 63.2 Å². The third kappa shape index (κ3) is 3.75. The van der Waals surface area contributed by atoms with Crippen LogP contribution in [-0.4, -0.2) is 31.6 Å². The first-order chi connectivity index (χ1) is 7.45. The van der Waals surface area contributed by atoms with Crippen molar-refractivity contribution in [3.63, 3.8) is 0 Å². The summed E-state index contributed by atoms with van der Waals surface area (Å²) in [5.41, 5.74) is 0.470. The van der Waals surface area contributed by atoms with Crippen LogP contribution in [0.15, 0.2) is 29.2 Å². The Morgan fingerprint density at radius 2 is 1.88 bits per heavy atom. The van der Waals surface area contributed by atoms with Crippen molar-refractivity contribution < 1.29 is 13.2 Å². The van der Waals surface area contributed by atoms with Crippen LogP contribution in [-0.2, 0) is 9.84 Å². The molecule has 0 spiro atoms. The summed E-state index contributed by atoms with van der Waals surface area (Å²) in [6.07, 6.45) is 1.14. The number of halogens is 1. The van der Waals surface area contributed by atoms with Gasteiger partial charge in [0.05, 0.1) is 4.90 Å². The van der Waals surface area contributed by atoms with E-state index in [4.69, 9.17) is 0 Å². The number of benzene rings is 1. The summed E-state index contributed by atoms with van der Waals surface area (Å²) in [4.78, 5) is 11.7. The van der Waals surface area contributed by atoms with E-state index in [-0.39, 0.29) is 10.8 Å². The maximum atomic E-state index is 11.5. The zero-order valence-electron chi connectivity index (χ0n) is 8.73. The van der Waals surface area contributed by atoms with Crippen LogP contribution in [0.1, 0.15) is 10.4 Å². The average Bonchev–Trinajstić information content (AvgIpc) is 2.25. The smallest absolute Gasteiger partial charge is 0.251 e. The Balaban J connectivity index is 2.83. The number of amides is 1. The number of carbonyl (C=O) groups is 1. The number of hydrogen-bond donors (Lipinski definition) is 1. The van der Waals surface area contributed by atoms with Crippen molar-refractivity contribution >= 4 is 38.3 Å². The summed E-state index contributed by atoms with van der Waals surface area (Å²) in [7, 11) is -3.20. The summed E-state index contributed by atoms with van der Waals surface area (Å²) in [5, 5.41) is 2.71. The largest absolute Gasteiger partial charge is 0.351 e. The number of alkyl halides is 1. The van der Waals surface area contributed by atoms with Gasteiger partial charge >= 0.3 is 0 Å². The zero-order valence-corrected chi connectivity index (χ0v) is 11.7. The van der Waals surface area contributed by atoms with Gasteiger partial charge in [0, 0.05) is 22.8 Å². The van der Waals surface area contributed by atoms with Crippen LogP contribution in [0.4, 0.5) is 0 Å². The summed E-state index contributed by atoms with van der Waals surface area (Å²) >= 11 is 2.16. The third-order valence-corrected chi connectivity index (χ3v) is 3.59. The molecule has 0 unspecified atom stereocenters. The number of nitrogens with one attached hydrogen (secondary N) is 1. The number of sulfone groups is 1. The molecule has 0 aliphatic rings. The summed E-state index contributed by atoms with van der Waals surface area (Å²) in [6, 6.07) is 5.90. The lowest BCUT2D eigenvalue weighted by atomic mass is 10.2. The van der Waals surface area contributed by atoms with Crippen LogP contribution < -0.4 is 5.32 Å². The highest BCUT2D eigenvalue weighted by Gasteiger charge is 2.09. The van der Waals surface area contributed by atoms with E-state index in [1.54, 1.807) is 0 Å². The fraction of sp³-hybridized carbons (Fsp3) is 0.300. The fourth-order valence-electron chi connectivity index (χ4n) is 1.12. The van der Waals surface area contributed by atoms with Crippen molar-refractivity contribution in [1.29, 1.82) is 0 Å². The molecule has 1 aromatic carbocycles. The summed E-state index contributed by atoms with van der Waals surface area (Å²) in [5.74, 6) is -0.184. The third-order valence-electron chi connectivity index (χ3n) is 1.92. The van der Waals surface area contributed by atoms with Gasteiger partial charge in [0.25, 0.3) is 5.91 Å². The molecule has 16 heavy (non-hydrogen) atoms. The summed E-state index contributed by atoms with van der Waals surface area (Å²) in [6.45, 7) is 0.604. The monoisotopic (exact) mass is 353 g/mol. The molecule has 0 saturated carbocycles. The minimum atomic E-state index is -3.20. The lowest BCUT2D eigenvalue weighted by Crippen LogP contribution is -2.25. The molecule has 1 amide bonds. The van der Waals surface area contributed by atoms with Gasteiger partial charge in [0.1, 0.15) is 0 Å². The molecule has 1 rings (SSSR count). The first-order valence-corrected chi connectivity index (χ1v) is 8.01. The lowest BCUT2D eigenvalue weighted by molar-refractivity contribution is 0.0956. The van der Waals surface area contributed by atoms with Crippen molar-refractivity contribution in [1.82, 2.24) is 5.32 Å². The van der Waals surface area contributed by atoms with Crippen LogP contribution in [0.5, 0.6) is 0 Å². The van der Waals surface area contributed by atoms with E-state index in [2.05, 4.69) is 27.9 Å². The second-order valence-corrected chi connectivity index (χ2v) is 6.34. The molecule has 1 aromatic rings. The van der Waals surface area contributed by atoms with Crippen LogP contribution in [0.3, 0.4) is 0 Å². The van der Waals surface area contributed by atoms with Crippen molar-refractivity contribution in [2.24, 2.45) is 0 Å². The zero-order chi connectivity index (χ0) is 12.2. The highest BCUT2D eigenvalue weighted by molar-refractivity contribution is 14.1. The van der Waals surface area contributed by atoms with E-state index in [0.717, 1.165) is 10.7 Å². The van der Waals surface area contributed by atoms with Gasteiger partial charge in [-0.3, -0.25) is 4.79 Å². The Kier molecular flexibility index (Phi) is 4.72. The molecule has 0 bridgehead atoms. The van der Waals surface area contributed by atoms with Crippen molar-refractivity contribution in [2.45, 2.75) is 4.90 Å². The Hall–Kier alpha value is -0.630. The molecule has 0 heterocycles. The number of hydrogen-bond acceptors (Lipinski definition) is 3. The Labute approximate surface area is 108 Å². The van der Waals surface area contributed by atoms with E-state index < -0.39 is 9.84 Å². The van der Waals surface area contributed by atoms with E-state index >= 15 is 0 Å². The van der Waals surface area contributed by atoms with E-state index in [9.17, 15) is 13.2 Å². The molecule has 0 fully saturated rings. The van der Waals surface area contributed by atoms with Gasteiger partial charge in [-0.05, 0) is 24.3 Å². The van der Waals surface area contributed by atoms with E-state index in [1.807, 2.05) is 0 Å². The Morgan fingerprint density at radius 1 is 1.31 bits per heavy atom. The summed E-state index contributed by atoms with van der Waals surface area (Å²) < 4.78 is 23.2. The van der Waals surface area contributed by atoms with E-state index in [1.165, 1.54) is 24.3 Å². The van der Waals surface area contributed by atoms with Gasteiger partial charge in [-0.1, -0.05) is 22.6 Å². The SMILES string of the molecule is CS(=O)(=O)c1ccc(C(=O)NCCI)cc1. The lowest BCUT2D eigenvalue weighted by Gasteiger charge is -2.03. The first-order valence-electron chi connectivity index (χ1n) is 4.59. The maximum Gasteiger partial charge on any atom is 0.251 e. The molecule has 0 aliphatic heterocycles. The van der Waals surface area contributed by atoms with Crippen molar-refractivity contribution in [3.05, 3.63) is 29.8 Å². The van der Waals surface area contributed by atoms with Crippen molar-refractivity contribution in [3.8, 4) is 0 Å². The molecule has 0 aromatic heterocycles. The van der Waals surface area contributed by atoms with E-state index in [0.29, 0.717) is 12.1 Å². The Bertz CT molecular complexity index is 467. The second kappa shape index (κ2) is 5.62. The molecule has 0 radical (unpaired) electrons. The quantitative estimate of drug-likeness (QED) is 0.655. The molecule has 1 N–H and O–H groups in total. The van der Waals surface area contributed by atoms with Crippen molar-refractivity contribution in [2.75, 3.05) is 17.2 Å². The fourth-order valence-corrected chi connectivity index (χ4v) is 2.02. The minimum Gasteiger partial charge on any atom is -0.351 e.